The standard InChI is InChI=1S/C22H22.C7H8.C2H6.C2H2.CH4/c1-17-9-8-12-20(16-15-19-10-4-3-5-11-19)22-14-7-6-13-21(22)18(17)2;1-7-5-3-2-4-6-7;2*1-2;/h3-14H,15-16H2,1-2H3;2-6H,1H3;1-2H3;1-2H;1H4/b9-8-,12-8?,17-9?,18-17+,20-12+,21-18?,22-20?;;;;. The molecule has 0 radical (unpaired) electrons. The Morgan fingerprint density at radius 2 is 1.12 bits per heavy atom. The monoisotopic (exact) mass is 450 g/mol. The van der Waals surface area contributed by atoms with Gasteiger partial charge in [0, 0.05) is 0 Å². The Hall–Kier alpha value is -3.56. The van der Waals surface area contributed by atoms with Crippen molar-refractivity contribution in [2.75, 3.05) is 0 Å². The average Bonchev–Trinajstić information content (AvgIpc) is 2.89. The van der Waals surface area contributed by atoms with Crippen molar-refractivity contribution in [2.45, 2.75) is 54.9 Å². The largest absolute Gasteiger partial charge is 0.124 e. The Bertz CT molecular complexity index is 1040. The lowest BCUT2D eigenvalue weighted by Gasteiger charge is -2.16. The molecule has 0 saturated carbocycles. The Balaban J connectivity index is 0.000000766. The fraction of sp³-hybridized carbons (Fsp3) is 0.235. The van der Waals surface area contributed by atoms with Crippen molar-refractivity contribution in [3.8, 4) is 12.8 Å². The number of allylic oxidation sites excluding steroid dienone is 6. The Morgan fingerprint density at radius 1 is 0.618 bits per heavy atom. The maximum Gasteiger partial charge on any atom is -0.0149 e. The van der Waals surface area contributed by atoms with Crippen molar-refractivity contribution < 1.29 is 0 Å². The molecule has 0 atom stereocenters. The number of hydrogen-bond donors (Lipinski definition) is 0. The third-order valence-electron chi connectivity index (χ3n) is 5.38. The van der Waals surface area contributed by atoms with Crippen LogP contribution in [0, 0.1) is 19.8 Å². The van der Waals surface area contributed by atoms with Gasteiger partial charge < -0.3 is 0 Å². The molecule has 0 saturated heterocycles. The Kier molecular flexibility index (Phi) is 16.1. The molecule has 3 aromatic carbocycles. The molecule has 0 unspecified atom stereocenters. The zero-order chi connectivity index (χ0) is 24.5. The lowest BCUT2D eigenvalue weighted by atomic mass is 9.88. The summed E-state index contributed by atoms with van der Waals surface area (Å²) in [6.45, 7) is 10.5. The van der Waals surface area contributed by atoms with Crippen molar-refractivity contribution in [3.63, 3.8) is 0 Å². The first-order valence-corrected chi connectivity index (χ1v) is 11.7. The molecule has 0 bridgehead atoms. The summed E-state index contributed by atoms with van der Waals surface area (Å²) in [5, 5.41) is 0. The summed E-state index contributed by atoms with van der Waals surface area (Å²) in [6, 6.07) is 29.8. The second kappa shape index (κ2) is 17.9. The summed E-state index contributed by atoms with van der Waals surface area (Å²) in [6.07, 6.45) is 16.8. The van der Waals surface area contributed by atoms with Crippen LogP contribution in [0.5, 0.6) is 0 Å². The maximum atomic E-state index is 4.00. The predicted octanol–water partition coefficient (Wildman–Crippen LogP) is 9.97. The molecular formula is C34H42. The number of rotatable bonds is 3. The number of aryl methyl sites for hydroxylation is 2. The molecule has 0 heterocycles. The van der Waals surface area contributed by atoms with Crippen molar-refractivity contribution >= 4 is 11.1 Å². The van der Waals surface area contributed by atoms with Crippen molar-refractivity contribution in [3.05, 3.63) is 131 Å². The van der Waals surface area contributed by atoms with Gasteiger partial charge in [0.25, 0.3) is 0 Å². The number of fused-ring (bicyclic) bond motifs is 1. The van der Waals surface area contributed by atoms with E-state index in [1.54, 1.807) is 0 Å². The van der Waals surface area contributed by atoms with Gasteiger partial charge in [0.1, 0.15) is 0 Å². The zero-order valence-corrected chi connectivity index (χ0v) is 20.9. The first-order valence-electron chi connectivity index (χ1n) is 11.7. The van der Waals surface area contributed by atoms with Crippen molar-refractivity contribution in [1.82, 2.24) is 0 Å². The predicted molar refractivity (Wildman–Crippen MR) is 156 cm³/mol. The van der Waals surface area contributed by atoms with E-state index in [2.05, 4.69) is 119 Å². The van der Waals surface area contributed by atoms with Gasteiger partial charge in [-0.3, -0.25) is 0 Å². The van der Waals surface area contributed by atoms with Crippen molar-refractivity contribution in [2.24, 2.45) is 0 Å². The van der Waals surface area contributed by atoms with Gasteiger partial charge in [-0.15, -0.1) is 12.8 Å². The number of terminal acetylenes is 1. The van der Waals surface area contributed by atoms with Crippen LogP contribution >= 0.6 is 0 Å². The Morgan fingerprint density at radius 3 is 1.65 bits per heavy atom. The maximum absolute atomic E-state index is 4.00. The molecule has 1 aliphatic rings. The van der Waals surface area contributed by atoms with E-state index in [-0.39, 0.29) is 7.43 Å². The highest BCUT2D eigenvalue weighted by atomic mass is 14.2. The van der Waals surface area contributed by atoms with E-state index in [9.17, 15) is 0 Å². The van der Waals surface area contributed by atoms with Gasteiger partial charge in [-0.25, -0.2) is 0 Å². The first kappa shape index (κ1) is 30.4. The Labute approximate surface area is 209 Å². The molecule has 0 heteroatoms. The summed E-state index contributed by atoms with van der Waals surface area (Å²) in [4.78, 5) is 0. The van der Waals surface area contributed by atoms with Gasteiger partial charge >= 0.3 is 0 Å². The molecule has 178 valence electrons. The quantitative estimate of drug-likeness (QED) is 0.348. The normalized spacial score (nSPS) is 15.8. The summed E-state index contributed by atoms with van der Waals surface area (Å²) in [5.74, 6) is 0. The van der Waals surface area contributed by atoms with E-state index in [4.69, 9.17) is 0 Å². The van der Waals surface area contributed by atoms with Crippen molar-refractivity contribution in [1.29, 1.82) is 0 Å². The molecule has 4 rings (SSSR count). The number of hydrogen-bond acceptors (Lipinski definition) is 0. The highest BCUT2D eigenvalue weighted by molar-refractivity contribution is 5.82. The highest BCUT2D eigenvalue weighted by Crippen LogP contribution is 2.31. The van der Waals surface area contributed by atoms with Crippen LogP contribution in [-0.4, -0.2) is 0 Å². The molecular weight excluding hydrogens is 408 g/mol. The summed E-state index contributed by atoms with van der Waals surface area (Å²) >= 11 is 0. The van der Waals surface area contributed by atoms with E-state index < -0.39 is 0 Å². The van der Waals surface area contributed by atoms with E-state index in [1.165, 1.54) is 39.0 Å². The third kappa shape index (κ3) is 9.93. The molecule has 0 amide bonds. The average molecular weight is 451 g/mol. The minimum Gasteiger partial charge on any atom is -0.124 e. The minimum atomic E-state index is 0. The van der Waals surface area contributed by atoms with Gasteiger partial charge in [0.2, 0.25) is 0 Å². The third-order valence-corrected chi connectivity index (χ3v) is 5.38. The number of benzene rings is 3. The first-order chi connectivity index (χ1) is 16.1. The summed E-state index contributed by atoms with van der Waals surface area (Å²) in [7, 11) is 0. The van der Waals surface area contributed by atoms with Crippen LogP contribution in [0.2, 0.25) is 0 Å². The lowest BCUT2D eigenvalue weighted by Crippen LogP contribution is -1.97. The summed E-state index contributed by atoms with van der Waals surface area (Å²) < 4.78 is 0. The zero-order valence-electron chi connectivity index (χ0n) is 20.9. The fourth-order valence-corrected chi connectivity index (χ4v) is 3.50. The molecule has 0 spiro atoms. The van der Waals surface area contributed by atoms with Crippen LogP contribution < -0.4 is 0 Å². The molecule has 0 nitrogen and oxygen atoms in total. The molecule has 3 aromatic rings. The van der Waals surface area contributed by atoms with Gasteiger partial charge in [-0.2, -0.15) is 0 Å². The van der Waals surface area contributed by atoms with Gasteiger partial charge in [0.05, 0.1) is 0 Å². The summed E-state index contributed by atoms with van der Waals surface area (Å²) in [5.41, 5.74) is 9.59. The highest BCUT2D eigenvalue weighted by Gasteiger charge is 2.11. The van der Waals surface area contributed by atoms with Crippen LogP contribution in [0.25, 0.3) is 11.1 Å². The molecule has 0 aliphatic heterocycles. The van der Waals surface area contributed by atoms with E-state index in [0.29, 0.717) is 0 Å². The van der Waals surface area contributed by atoms with Gasteiger partial charge in [-0.05, 0) is 67.0 Å². The van der Waals surface area contributed by atoms with Gasteiger partial charge in [0.15, 0.2) is 0 Å². The SMILES string of the molecule is C.C#C.CC.CC1=C(/C)c2ccccc2/C(CCc2ccccc2)=C/C=C\1.Cc1ccccc1. The lowest BCUT2D eigenvalue weighted by molar-refractivity contribution is 1.02. The van der Waals surface area contributed by atoms with E-state index >= 15 is 0 Å². The smallest absolute Gasteiger partial charge is 0.0149 e. The van der Waals surface area contributed by atoms with Crippen LogP contribution in [0.1, 0.15) is 63.8 Å². The molecule has 1 aliphatic carbocycles. The van der Waals surface area contributed by atoms with Crippen LogP contribution in [0.4, 0.5) is 0 Å². The fourth-order valence-electron chi connectivity index (χ4n) is 3.50. The molecule has 0 fully saturated rings. The van der Waals surface area contributed by atoms with Gasteiger partial charge in [-0.1, -0.05) is 130 Å². The van der Waals surface area contributed by atoms with Crippen LogP contribution in [-0.2, 0) is 6.42 Å². The second-order valence-electron chi connectivity index (χ2n) is 7.54. The van der Waals surface area contributed by atoms with Crippen LogP contribution in [0.15, 0.2) is 109 Å². The van der Waals surface area contributed by atoms with Crippen LogP contribution in [0.3, 0.4) is 0 Å². The van der Waals surface area contributed by atoms with E-state index in [0.717, 1.165) is 12.8 Å². The minimum absolute atomic E-state index is 0. The second-order valence-corrected chi connectivity index (χ2v) is 7.54. The van der Waals surface area contributed by atoms with E-state index in [1.807, 2.05) is 32.0 Å². The molecule has 0 aromatic heterocycles. The topological polar surface area (TPSA) is 0 Å². The molecule has 0 N–H and O–H groups in total. The molecule has 34 heavy (non-hydrogen) atoms.